The molecule has 0 aliphatic carbocycles. The second kappa shape index (κ2) is 13.0. The van der Waals surface area contributed by atoms with Gasteiger partial charge < -0.3 is 16.8 Å². The molecular formula is C38H84O5Si4. The van der Waals surface area contributed by atoms with E-state index in [9.17, 15) is 4.79 Å². The van der Waals surface area contributed by atoms with E-state index in [-0.39, 0.29) is 31.2 Å². The van der Waals surface area contributed by atoms with Crippen LogP contribution in [0.15, 0.2) is 0 Å². The summed E-state index contributed by atoms with van der Waals surface area (Å²) in [6.45, 7) is 64.0. The molecule has 0 bridgehead atoms. The Hall–Kier alpha value is 0.218. The van der Waals surface area contributed by atoms with E-state index in [2.05, 4.69) is 187 Å². The predicted octanol–water partition coefficient (Wildman–Crippen LogP) is 14.1. The number of rotatable bonds is 7. The van der Waals surface area contributed by atoms with Crippen LogP contribution in [0.1, 0.15) is 194 Å². The first kappa shape index (κ1) is 47.2. The van der Waals surface area contributed by atoms with Crippen molar-refractivity contribution < 1.29 is 21.6 Å². The second-order valence-electron chi connectivity index (χ2n) is 23.7. The van der Waals surface area contributed by atoms with Crippen molar-refractivity contribution in [1.82, 2.24) is 0 Å². The van der Waals surface area contributed by atoms with Crippen LogP contribution in [0.3, 0.4) is 0 Å². The van der Waals surface area contributed by atoms with Gasteiger partial charge in [0.25, 0.3) is 5.97 Å². The van der Waals surface area contributed by atoms with Gasteiger partial charge in [0.15, 0.2) is 8.32 Å². The number of carbonyl (C=O) groups excluding carboxylic acids is 1. The van der Waals surface area contributed by atoms with E-state index in [1.807, 2.05) is 0 Å². The third-order valence-electron chi connectivity index (χ3n) is 10.3. The molecule has 0 aromatic rings. The van der Waals surface area contributed by atoms with E-state index in [0.717, 1.165) is 0 Å². The van der Waals surface area contributed by atoms with Crippen molar-refractivity contribution in [1.29, 1.82) is 0 Å². The summed E-state index contributed by atoms with van der Waals surface area (Å²) in [5.74, 6) is -0.293. The van der Waals surface area contributed by atoms with Crippen LogP contribution in [0, 0.1) is 0 Å². The number of hydrogen-bond acceptors (Lipinski definition) is 5. The lowest BCUT2D eigenvalue weighted by Gasteiger charge is -2.67. The third kappa shape index (κ3) is 8.32. The van der Waals surface area contributed by atoms with Gasteiger partial charge in [0, 0.05) is 37.2 Å². The molecule has 9 heteroatoms. The summed E-state index contributed by atoms with van der Waals surface area (Å²) < 4.78 is 31.7. The van der Waals surface area contributed by atoms with Gasteiger partial charge in [-0.15, -0.1) is 0 Å². The van der Waals surface area contributed by atoms with Gasteiger partial charge in [-0.2, -0.15) is 0 Å². The highest BCUT2D eigenvalue weighted by molar-refractivity contribution is 6.97. The van der Waals surface area contributed by atoms with Crippen molar-refractivity contribution in [2.75, 3.05) is 0 Å². The van der Waals surface area contributed by atoms with Crippen molar-refractivity contribution >= 4 is 40.0 Å². The van der Waals surface area contributed by atoms with Crippen LogP contribution in [0.4, 0.5) is 0 Å². The molecule has 0 aliphatic rings. The Balaban J connectivity index is 9.02. The zero-order chi connectivity index (χ0) is 38.9. The zero-order valence-electron chi connectivity index (χ0n) is 37.0. The Kier molecular flexibility index (Phi) is 13.1. The van der Waals surface area contributed by atoms with E-state index >= 15 is 0 Å². The number of carbonyl (C=O) groups is 1. The first-order chi connectivity index (χ1) is 19.8. The van der Waals surface area contributed by atoms with Crippen LogP contribution >= 0.6 is 0 Å². The molecule has 0 amide bonds. The van der Waals surface area contributed by atoms with Gasteiger partial charge in [0.05, 0.1) is 0 Å². The van der Waals surface area contributed by atoms with Crippen molar-refractivity contribution in [2.24, 2.45) is 0 Å². The molecule has 0 atom stereocenters. The summed E-state index contributed by atoms with van der Waals surface area (Å²) >= 11 is 0. The molecule has 47 heavy (non-hydrogen) atoms. The molecule has 0 fully saturated rings. The van der Waals surface area contributed by atoms with E-state index < -0.39 is 54.2 Å². The fourth-order valence-electron chi connectivity index (χ4n) is 9.93. The lowest BCUT2D eigenvalue weighted by molar-refractivity contribution is -0.134. The molecule has 0 aliphatic heterocycles. The van der Waals surface area contributed by atoms with Crippen molar-refractivity contribution in [3.05, 3.63) is 0 Å². The fourth-order valence-corrected chi connectivity index (χ4v) is 46.6. The minimum atomic E-state index is -3.51. The predicted molar refractivity (Wildman–Crippen MR) is 215 cm³/mol. The SMILES string of the molecule is CC(=O)O[Si](O[Si](O[Si](O[Si](C(C)(C)C)(C(C)(C)C)C(C)(C)C)(C(C)(C)C)C(C)(C)C)(C(C)(C)C)C(C)(C)C)(C(C)(C)C)C(C)(C)C. The molecule has 0 aromatic heterocycles. The van der Waals surface area contributed by atoms with Gasteiger partial charge in [-0.25, -0.2) is 0 Å². The van der Waals surface area contributed by atoms with E-state index in [1.54, 1.807) is 0 Å². The Morgan fingerprint density at radius 1 is 0.319 bits per heavy atom. The summed E-state index contributed by atoms with van der Waals surface area (Å²) in [5, 5.41) is -2.69. The lowest BCUT2D eigenvalue weighted by atomic mass is 10.2. The average molecular weight is 733 g/mol. The van der Waals surface area contributed by atoms with E-state index in [1.165, 1.54) is 6.92 Å². The molecule has 0 unspecified atom stereocenters. The Morgan fingerprint density at radius 3 is 0.681 bits per heavy atom. The summed E-state index contributed by atoms with van der Waals surface area (Å²) in [6, 6.07) is 0. The van der Waals surface area contributed by atoms with E-state index in [4.69, 9.17) is 16.8 Å². The minimum absolute atomic E-state index is 0.108. The highest BCUT2D eigenvalue weighted by Crippen LogP contribution is 2.69. The van der Waals surface area contributed by atoms with Gasteiger partial charge in [-0.3, -0.25) is 4.79 Å². The van der Waals surface area contributed by atoms with Crippen molar-refractivity contribution in [3.8, 4) is 0 Å². The summed E-state index contributed by atoms with van der Waals surface area (Å²) in [4.78, 5) is 13.2. The van der Waals surface area contributed by atoms with Crippen LogP contribution in [-0.2, 0) is 21.6 Å². The van der Waals surface area contributed by atoms with Crippen LogP contribution < -0.4 is 0 Å². The Labute approximate surface area is 299 Å². The molecule has 0 spiro atoms. The summed E-state index contributed by atoms with van der Waals surface area (Å²) in [6.07, 6.45) is 0. The number of hydrogen-bond donors (Lipinski definition) is 0. The van der Waals surface area contributed by atoms with Crippen LogP contribution in [-0.4, -0.2) is 40.0 Å². The Bertz CT molecular complexity index is 1000. The van der Waals surface area contributed by atoms with E-state index in [0.29, 0.717) is 0 Å². The lowest BCUT2D eigenvalue weighted by Crippen LogP contribution is -2.77. The summed E-state index contributed by atoms with van der Waals surface area (Å²) in [5.41, 5.74) is 0. The van der Waals surface area contributed by atoms with Crippen molar-refractivity contribution in [3.63, 3.8) is 0 Å². The molecule has 282 valence electrons. The fraction of sp³-hybridized carbons (Fsp3) is 0.974. The quantitative estimate of drug-likeness (QED) is 0.244. The highest BCUT2D eigenvalue weighted by atomic mass is 28.5. The van der Waals surface area contributed by atoms with Gasteiger partial charge in [0.1, 0.15) is 0 Å². The molecule has 0 saturated heterocycles. The molecule has 0 rings (SSSR count). The first-order valence-electron chi connectivity index (χ1n) is 18.1. The van der Waals surface area contributed by atoms with Crippen LogP contribution in [0.2, 0.25) is 45.3 Å². The molecule has 0 N–H and O–H groups in total. The maximum absolute atomic E-state index is 13.2. The van der Waals surface area contributed by atoms with Gasteiger partial charge >= 0.3 is 25.7 Å². The van der Waals surface area contributed by atoms with Crippen molar-refractivity contribution in [2.45, 2.75) is 239 Å². The minimum Gasteiger partial charge on any atom is -0.494 e. The molecule has 0 aromatic carbocycles. The largest absolute Gasteiger partial charge is 0.494 e. The maximum Gasteiger partial charge on any atom is 0.403 e. The molecule has 5 nitrogen and oxygen atoms in total. The first-order valence-corrected chi connectivity index (χ1v) is 25.4. The molecule has 0 saturated carbocycles. The third-order valence-corrected chi connectivity index (χ3v) is 36.0. The van der Waals surface area contributed by atoms with Crippen LogP contribution in [0.25, 0.3) is 0 Å². The summed E-state index contributed by atoms with van der Waals surface area (Å²) in [7, 11) is -13.1. The van der Waals surface area contributed by atoms with Gasteiger partial charge in [0.2, 0.25) is 0 Å². The van der Waals surface area contributed by atoms with Crippen LogP contribution in [0.5, 0.6) is 0 Å². The van der Waals surface area contributed by atoms with Gasteiger partial charge in [-0.05, 0) is 15.1 Å². The average Bonchev–Trinajstić information content (AvgIpc) is 2.66. The molecule has 0 radical (unpaired) electrons. The second-order valence-corrected chi connectivity index (χ2v) is 44.9. The topological polar surface area (TPSA) is 54.0 Å². The molecule has 0 heterocycles. The monoisotopic (exact) mass is 733 g/mol. The maximum atomic E-state index is 13.2. The molecular weight excluding hydrogens is 649 g/mol. The highest BCUT2D eigenvalue weighted by Gasteiger charge is 2.76. The van der Waals surface area contributed by atoms with Gasteiger partial charge in [-0.1, -0.05) is 187 Å². The smallest absolute Gasteiger partial charge is 0.403 e. The Morgan fingerprint density at radius 2 is 0.511 bits per heavy atom. The normalized spacial score (nSPS) is 16.4. The zero-order valence-corrected chi connectivity index (χ0v) is 41.0. The standard InChI is InChI=1S/C38H84O5Si4/c1-29(39)40-45(33(11,12)13,34(14,15)16)42-47(37(23,24)25,38(26,27)28)43-46(35(17,18)19,36(20,21)22)41-44(30(2,3)4,31(5,6)7)32(8,9)10/h1-28H3.